The lowest BCUT2D eigenvalue weighted by Gasteiger charge is -2.05. The molecule has 0 aliphatic rings. The highest BCUT2D eigenvalue weighted by Crippen LogP contribution is 2.22. The Kier molecular flexibility index (Phi) is 4.96. The van der Waals surface area contributed by atoms with Gasteiger partial charge in [0.2, 0.25) is 0 Å². The van der Waals surface area contributed by atoms with Gasteiger partial charge in [-0.25, -0.2) is 4.39 Å². The number of rotatable bonds is 5. The van der Waals surface area contributed by atoms with Crippen molar-refractivity contribution in [3.8, 4) is 0 Å². The van der Waals surface area contributed by atoms with Gasteiger partial charge in [-0.15, -0.1) is 11.8 Å². The third-order valence-electron chi connectivity index (χ3n) is 3.24. The molecule has 0 bridgehead atoms. The number of benzene rings is 2. The van der Waals surface area contributed by atoms with Crippen LogP contribution in [0.2, 0.25) is 0 Å². The van der Waals surface area contributed by atoms with E-state index in [4.69, 9.17) is 0 Å². The van der Waals surface area contributed by atoms with Gasteiger partial charge in [-0.3, -0.25) is 4.79 Å². The SMILES string of the molecule is Cc1ccc(SCCC(=O)c2ccc(F)cc2)cc1C. The number of Topliss-reactive ketones (excluding diaryl/α,β-unsaturated/α-hetero) is 1. The van der Waals surface area contributed by atoms with Crippen LogP contribution in [0.25, 0.3) is 0 Å². The van der Waals surface area contributed by atoms with Crippen LogP contribution in [0, 0.1) is 19.7 Å². The third-order valence-corrected chi connectivity index (χ3v) is 4.24. The maximum Gasteiger partial charge on any atom is 0.163 e. The van der Waals surface area contributed by atoms with Gasteiger partial charge in [-0.1, -0.05) is 6.07 Å². The first kappa shape index (κ1) is 14.8. The fraction of sp³-hybridized carbons (Fsp3) is 0.235. The lowest BCUT2D eigenvalue weighted by molar-refractivity contribution is 0.0989. The van der Waals surface area contributed by atoms with Crippen molar-refractivity contribution in [1.82, 2.24) is 0 Å². The van der Waals surface area contributed by atoms with Gasteiger partial charge in [0, 0.05) is 22.6 Å². The molecule has 20 heavy (non-hydrogen) atoms. The van der Waals surface area contributed by atoms with Crippen LogP contribution in [-0.2, 0) is 0 Å². The molecule has 0 heterocycles. The second-order valence-electron chi connectivity index (χ2n) is 4.77. The summed E-state index contributed by atoms with van der Waals surface area (Å²) in [5.74, 6) is 0.478. The van der Waals surface area contributed by atoms with Crippen LogP contribution in [0.4, 0.5) is 4.39 Å². The van der Waals surface area contributed by atoms with Gasteiger partial charge in [0.15, 0.2) is 5.78 Å². The number of carbonyl (C=O) groups is 1. The normalized spacial score (nSPS) is 10.6. The van der Waals surface area contributed by atoms with Crippen molar-refractivity contribution in [3.63, 3.8) is 0 Å². The Bertz CT molecular complexity index is 605. The zero-order valence-corrected chi connectivity index (χ0v) is 12.5. The van der Waals surface area contributed by atoms with Crippen LogP contribution in [0.15, 0.2) is 47.4 Å². The molecule has 2 aromatic carbocycles. The van der Waals surface area contributed by atoms with Gasteiger partial charge in [-0.05, 0) is 61.4 Å². The van der Waals surface area contributed by atoms with Gasteiger partial charge in [0.25, 0.3) is 0 Å². The number of aryl methyl sites for hydroxylation is 2. The summed E-state index contributed by atoms with van der Waals surface area (Å²) in [4.78, 5) is 13.1. The summed E-state index contributed by atoms with van der Waals surface area (Å²) >= 11 is 1.67. The average Bonchev–Trinajstić information content (AvgIpc) is 2.43. The van der Waals surface area contributed by atoms with Crippen molar-refractivity contribution in [1.29, 1.82) is 0 Å². The van der Waals surface area contributed by atoms with E-state index in [1.54, 1.807) is 23.9 Å². The quantitative estimate of drug-likeness (QED) is 0.580. The molecular formula is C17H17FOS. The standard InChI is InChI=1S/C17H17FOS/c1-12-3-8-16(11-13(12)2)20-10-9-17(19)14-4-6-15(18)7-5-14/h3-8,11H,9-10H2,1-2H3. The van der Waals surface area contributed by atoms with E-state index in [-0.39, 0.29) is 11.6 Å². The molecule has 104 valence electrons. The first-order chi connectivity index (χ1) is 9.56. The van der Waals surface area contributed by atoms with Gasteiger partial charge < -0.3 is 0 Å². The summed E-state index contributed by atoms with van der Waals surface area (Å²) in [6.45, 7) is 4.17. The predicted octanol–water partition coefficient (Wildman–Crippen LogP) is 4.81. The minimum atomic E-state index is -0.314. The summed E-state index contributed by atoms with van der Waals surface area (Å²) in [7, 11) is 0. The summed E-state index contributed by atoms with van der Waals surface area (Å²) < 4.78 is 12.8. The van der Waals surface area contributed by atoms with Crippen molar-refractivity contribution in [2.45, 2.75) is 25.2 Å². The van der Waals surface area contributed by atoms with E-state index in [1.165, 1.54) is 28.2 Å². The highest BCUT2D eigenvalue weighted by molar-refractivity contribution is 7.99. The van der Waals surface area contributed by atoms with E-state index in [0.717, 1.165) is 5.75 Å². The molecule has 0 atom stereocenters. The summed E-state index contributed by atoms with van der Waals surface area (Å²) in [5, 5.41) is 0. The lowest BCUT2D eigenvalue weighted by atomic mass is 10.1. The Hall–Kier alpha value is -1.61. The summed E-state index contributed by atoms with van der Waals surface area (Å²) in [5.41, 5.74) is 3.11. The predicted molar refractivity (Wildman–Crippen MR) is 82.0 cm³/mol. The molecule has 0 fully saturated rings. The molecule has 2 rings (SSSR count). The molecule has 0 saturated heterocycles. The van der Waals surface area contributed by atoms with Crippen LogP contribution >= 0.6 is 11.8 Å². The van der Waals surface area contributed by atoms with Gasteiger partial charge >= 0.3 is 0 Å². The Morgan fingerprint density at radius 2 is 1.75 bits per heavy atom. The number of carbonyl (C=O) groups excluding carboxylic acids is 1. The highest BCUT2D eigenvalue weighted by Gasteiger charge is 2.06. The molecule has 0 amide bonds. The van der Waals surface area contributed by atoms with E-state index in [2.05, 4.69) is 32.0 Å². The third kappa shape index (κ3) is 3.94. The monoisotopic (exact) mass is 288 g/mol. The first-order valence-electron chi connectivity index (χ1n) is 6.55. The molecule has 2 aromatic rings. The fourth-order valence-corrected chi connectivity index (χ4v) is 2.79. The topological polar surface area (TPSA) is 17.1 Å². The zero-order chi connectivity index (χ0) is 14.5. The number of thioether (sulfide) groups is 1. The molecule has 0 saturated carbocycles. The van der Waals surface area contributed by atoms with E-state index >= 15 is 0 Å². The largest absolute Gasteiger partial charge is 0.294 e. The van der Waals surface area contributed by atoms with Crippen LogP contribution < -0.4 is 0 Å². The summed E-state index contributed by atoms with van der Waals surface area (Å²) in [6.07, 6.45) is 0.462. The maximum absolute atomic E-state index is 12.8. The molecule has 1 nitrogen and oxygen atoms in total. The van der Waals surface area contributed by atoms with Gasteiger partial charge in [-0.2, -0.15) is 0 Å². The molecule has 3 heteroatoms. The van der Waals surface area contributed by atoms with Crippen molar-refractivity contribution < 1.29 is 9.18 Å². The van der Waals surface area contributed by atoms with E-state index in [0.29, 0.717) is 12.0 Å². The van der Waals surface area contributed by atoms with E-state index < -0.39 is 0 Å². The number of hydrogen-bond donors (Lipinski definition) is 0. The van der Waals surface area contributed by atoms with E-state index in [9.17, 15) is 9.18 Å². The Labute approximate surface area is 123 Å². The molecule has 0 unspecified atom stereocenters. The second-order valence-corrected chi connectivity index (χ2v) is 5.94. The van der Waals surface area contributed by atoms with Crippen LogP contribution in [0.5, 0.6) is 0 Å². The first-order valence-corrected chi connectivity index (χ1v) is 7.53. The van der Waals surface area contributed by atoms with E-state index in [1.807, 2.05) is 0 Å². The van der Waals surface area contributed by atoms with Crippen molar-refractivity contribution >= 4 is 17.5 Å². The Balaban J connectivity index is 1.87. The number of ketones is 1. The van der Waals surface area contributed by atoms with Crippen molar-refractivity contribution in [2.75, 3.05) is 5.75 Å². The molecule has 0 aromatic heterocycles. The van der Waals surface area contributed by atoms with Gasteiger partial charge in [0.05, 0.1) is 0 Å². The van der Waals surface area contributed by atoms with Crippen molar-refractivity contribution in [3.05, 3.63) is 65.0 Å². The highest BCUT2D eigenvalue weighted by atomic mass is 32.2. The minimum Gasteiger partial charge on any atom is -0.294 e. The fourth-order valence-electron chi connectivity index (χ4n) is 1.85. The van der Waals surface area contributed by atoms with Crippen molar-refractivity contribution in [2.24, 2.45) is 0 Å². The Morgan fingerprint density at radius 1 is 1.05 bits per heavy atom. The molecule has 0 N–H and O–H groups in total. The maximum atomic E-state index is 12.8. The Morgan fingerprint density at radius 3 is 2.40 bits per heavy atom. The van der Waals surface area contributed by atoms with Crippen LogP contribution in [-0.4, -0.2) is 11.5 Å². The number of halogens is 1. The molecule has 0 aliphatic heterocycles. The average molecular weight is 288 g/mol. The zero-order valence-electron chi connectivity index (χ0n) is 11.7. The molecule has 0 spiro atoms. The smallest absolute Gasteiger partial charge is 0.163 e. The van der Waals surface area contributed by atoms with Gasteiger partial charge in [0.1, 0.15) is 5.82 Å². The number of hydrogen-bond acceptors (Lipinski definition) is 2. The second kappa shape index (κ2) is 6.71. The molecule has 0 aliphatic carbocycles. The molecule has 0 radical (unpaired) electrons. The minimum absolute atomic E-state index is 0.0568. The van der Waals surface area contributed by atoms with Crippen LogP contribution in [0.1, 0.15) is 27.9 Å². The van der Waals surface area contributed by atoms with Crippen LogP contribution in [0.3, 0.4) is 0 Å². The molecular weight excluding hydrogens is 271 g/mol. The summed E-state index contributed by atoms with van der Waals surface area (Å²) in [6, 6.07) is 12.0. The lowest BCUT2D eigenvalue weighted by Crippen LogP contribution is -2.00.